The van der Waals surface area contributed by atoms with Gasteiger partial charge in [0.1, 0.15) is 0 Å². The van der Waals surface area contributed by atoms with Crippen LogP contribution >= 0.6 is 0 Å². The number of likely N-dealkylation sites (N-methyl/N-ethyl adjacent to an activating group) is 1. The molecular weight excluding hydrogens is 238 g/mol. The van der Waals surface area contributed by atoms with Crippen molar-refractivity contribution >= 4 is 16.7 Å². The lowest BCUT2D eigenvalue weighted by Crippen LogP contribution is -2.39. The van der Waals surface area contributed by atoms with E-state index in [0.717, 1.165) is 10.8 Å². The molecular formula is C16H19NO2. The van der Waals surface area contributed by atoms with Gasteiger partial charge in [0.25, 0.3) is 5.91 Å². The first kappa shape index (κ1) is 13.6. The Hall–Kier alpha value is -1.87. The monoisotopic (exact) mass is 257 g/mol. The SMILES string of the molecule is CN(CC(C)(C)O)C(=O)c1ccc2ccccc2c1. The standard InChI is InChI=1S/C16H19NO2/c1-16(2,19)11-17(3)15(18)14-9-8-12-6-4-5-7-13(12)10-14/h4-10,19H,11H2,1-3H3. The summed E-state index contributed by atoms with van der Waals surface area (Å²) in [6.45, 7) is 3.69. The molecule has 100 valence electrons. The van der Waals surface area contributed by atoms with E-state index in [1.165, 1.54) is 0 Å². The summed E-state index contributed by atoms with van der Waals surface area (Å²) in [6.07, 6.45) is 0. The van der Waals surface area contributed by atoms with Gasteiger partial charge in [-0.05, 0) is 36.8 Å². The fraction of sp³-hybridized carbons (Fsp3) is 0.312. The molecule has 2 rings (SSSR count). The van der Waals surface area contributed by atoms with Crippen LogP contribution in [0.1, 0.15) is 24.2 Å². The second-order valence-electron chi connectivity index (χ2n) is 5.54. The second kappa shape index (κ2) is 5.02. The predicted molar refractivity (Wildman–Crippen MR) is 77.2 cm³/mol. The van der Waals surface area contributed by atoms with Gasteiger partial charge >= 0.3 is 0 Å². The van der Waals surface area contributed by atoms with Crippen molar-refractivity contribution in [3.63, 3.8) is 0 Å². The van der Waals surface area contributed by atoms with Crippen molar-refractivity contribution in [3.8, 4) is 0 Å². The summed E-state index contributed by atoms with van der Waals surface area (Å²) in [5, 5.41) is 11.9. The maximum atomic E-state index is 12.3. The average molecular weight is 257 g/mol. The van der Waals surface area contributed by atoms with Crippen LogP contribution in [0.3, 0.4) is 0 Å². The van der Waals surface area contributed by atoms with Crippen LogP contribution in [0.15, 0.2) is 42.5 Å². The maximum absolute atomic E-state index is 12.3. The first-order valence-corrected chi connectivity index (χ1v) is 6.33. The van der Waals surface area contributed by atoms with E-state index in [2.05, 4.69) is 0 Å². The Bertz CT molecular complexity index is 599. The summed E-state index contributed by atoms with van der Waals surface area (Å²) >= 11 is 0. The molecule has 1 amide bonds. The van der Waals surface area contributed by atoms with Gasteiger partial charge in [-0.2, -0.15) is 0 Å². The van der Waals surface area contributed by atoms with E-state index in [1.54, 1.807) is 25.8 Å². The zero-order valence-electron chi connectivity index (χ0n) is 11.6. The maximum Gasteiger partial charge on any atom is 0.253 e. The summed E-state index contributed by atoms with van der Waals surface area (Å²) in [6, 6.07) is 13.6. The first-order chi connectivity index (χ1) is 8.87. The molecule has 0 unspecified atom stereocenters. The lowest BCUT2D eigenvalue weighted by molar-refractivity contribution is 0.0368. The van der Waals surface area contributed by atoms with Gasteiger partial charge in [-0.15, -0.1) is 0 Å². The number of hydrogen-bond donors (Lipinski definition) is 1. The molecule has 3 heteroatoms. The molecule has 19 heavy (non-hydrogen) atoms. The number of nitrogens with zero attached hydrogens (tertiary/aromatic N) is 1. The van der Waals surface area contributed by atoms with E-state index in [-0.39, 0.29) is 5.91 Å². The topological polar surface area (TPSA) is 40.5 Å². The van der Waals surface area contributed by atoms with Crippen molar-refractivity contribution in [3.05, 3.63) is 48.0 Å². The average Bonchev–Trinajstić information content (AvgIpc) is 2.35. The van der Waals surface area contributed by atoms with Crippen LogP contribution < -0.4 is 0 Å². The third-order valence-corrected chi connectivity index (χ3v) is 2.97. The summed E-state index contributed by atoms with van der Waals surface area (Å²) < 4.78 is 0. The highest BCUT2D eigenvalue weighted by Crippen LogP contribution is 2.17. The lowest BCUT2D eigenvalue weighted by atomic mass is 10.1. The van der Waals surface area contributed by atoms with Crippen molar-refractivity contribution in [2.24, 2.45) is 0 Å². The van der Waals surface area contributed by atoms with Crippen molar-refractivity contribution in [1.82, 2.24) is 4.90 Å². The van der Waals surface area contributed by atoms with Crippen molar-refractivity contribution in [1.29, 1.82) is 0 Å². The number of carbonyl (C=O) groups is 1. The van der Waals surface area contributed by atoms with Crippen LogP contribution in [0.25, 0.3) is 10.8 Å². The molecule has 0 saturated carbocycles. The molecule has 0 aliphatic carbocycles. The third-order valence-electron chi connectivity index (χ3n) is 2.97. The van der Waals surface area contributed by atoms with Crippen LogP contribution in [0.5, 0.6) is 0 Å². The van der Waals surface area contributed by atoms with Crippen molar-refractivity contribution in [2.75, 3.05) is 13.6 Å². The number of aliphatic hydroxyl groups is 1. The molecule has 2 aromatic rings. The summed E-state index contributed by atoms with van der Waals surface area (Å²) in [5.74, 6) is -0.0760. The molecule has 0 aromatic heterocycles. The zero-order valence-corrected chi connectivity index (χ0v) is 11.6. The van der Waals surface area contributed by atoms with Gasteiger partial charge in [-0.3, -0.25) is 4.79 Å². The fourth-order valence-electron chi connectivity index (χ4n) is 2.19. The molecule has 0 heterocycles. The van der Waals surface area contributed by atoms with Gasteiger partial charge in [0.05, 0.1) is 5.60 Å². The molecule has 0 atom stereocenters. The van der Waals surface area contributed by atoms with Crippen molar-refractivity contribution in [2.45, 2.75) is 19.4 Å². The number of carbonyl (C=O) groups excluding carboxylic acids is 1. The smallest absolute Gasteiger partial charge is 0.253 e. The number of rotatable bonds is 3. The van der Waals surface area contributed by atoms with Gasteiger partial charge in [-0.1, -0.05) is 30.3 Å². The molecule has 0 saturated heterocycles. The highest BCUT2D eigenvalue weighted by Gasteiger charge is 2.20. The molecule has 0 aliphatic heterocycles. The quantitative estimate of drug-likeness (QED) is 0.918. The van der Waals surface area contributed by atoms with Crippen LogP contribution in [0.4, 0.5) is 0 Å². The first-order valence-electron chi connectivity index (χ1n) is 6.33. The summed E-state index contributed by atoms with van der Waals surface area (Å²) in [7, 11) is 1.70. The van der Waals surface area contributed by atoms with E-state index >= 15 is 0 Å². The minimum Gasteiger partial charge on any atom is -0.389 e. The van der Waals surface area contributed by atoms with Gasteiger partial charge in [0, 0.05) is 19.2 Å². The van der Waals surface area contributed by atoms with E-state index in [9.17, 15) is 9.90 Å². The molecule has 0 radical (unpaired) electrons. The fourth-order valence-corrected chi connectivity index (χ4v) is 2.19. The molecule has 1 N–H and O–H groups in total. The molecule has 3 nitrogen and oxygen atoms in total. The van der Waals surface area contributed by atoms with Crippen LogP contribution in [-0.2, 0) is 0 Å². The molecule has 0 spiro atoms. The molecule has 2 aromatic carbocycles. The zero-order chi connectivity index (χ0) is 14.0. The number of fused-ring (bicyclic) bond motifs is 1. The normalized spacial score (nSPS) is 11.6. The summed E-state index contributed by atoms with van der Waals surface area (Å²) in [5.41, 5.74) is -0.244. The van der Waals surface area contributed by atoms with E-state index < -0.39 is 5.60 Å². The Morgan fingerprint density at radius 1 is 1.16 bits per heavy atom. The Morgan fingerprint density at radius 2 is 1.79 bits per heavy atom. The second-order valence-corrected chi connectivity index (χ2v) is 5.54. The molecule has 0 aliphatic rings. The Kier molecular flexibility index (Phi) is 3.58. The lowest BCUT2D eigenvalue weighted by Gasteiger charge is -2.25. The minimum absolute atomic E-state index is 0.0760. The number of amides is 1. The van der Waals surface area contributed by atoms with Crippen LogP contribution in [0, 0.1) is 0 Å². The van der Waals surface area contributed by atoms with Crippen LogP contribution in [0.2, 0.25) is 0 Å². The van der Waals surface area contributed by atoms with Crippen LogP contribution in [-0.4, -0.2) is 35.1 Å². The third kappa shape index (κ3) is 3.32. The van der Waals surface area contributed by atoms with Gasteiger partial charge in [0.2, 0.25) is 0 Å². The van der Waals surface area contributed by atoms with Crippen molar-refractivity contribution < 1.29 is 9.90 Å². The molecule has 0 fully saturated rings. The number of hydrogen-bond acceptors (Lipinski definition) is 2. The predicted octanol–water partition coefficient (Wildman–Crippen LogP) is 2.68. The van der Waals surface area contributed by atoms with E-state index in [4.69, 9.17) is 0 Å². The summed E-state index contributed by atoms with van der Waals surface area (Å²) in [4.78, 5) is 13.8. The Morgan fingerprint density at radius 3 is 2.42 bits per heavy atom. The highest BCUT2D eigenvalue weighted by molar-refractivity contribution is 5.98. The van der Waals surface area contributed by atoms with E-state index in [1.807, 2.05) is 42.5 Å². The highest BCUT2D eigenvalue weighted by atomic mass is 16.3. The number of benzene rings is 2. The Labute approximate surface area is 113 Å². The minimum atomic E-state index is -0.888. The largest absolute Gasteiger partial charge is 0.389 e. The van der Waals surface area contributed by atoms with Gasteiger partial charge < -0.3 is 10.0 Å². The molecule has 0 bridgehead atoms. The van der Waals surface area contributed by atoms with Gasteiger partial charge in [0.15, 0.2) is 0 Å². The Balaban J connectivity index is 2.26. The van der Waals surface area contributed by atoms with Gasteiger partial charge in [-0.25, -0.2) is 0 Å². The van der Waals surface area contributed by atoms with E-state index in [0.29, 0.717) is 12.1 Å².